The van der Waals surface area contributed by atoms with Gasteiger partial charge in [-0.15, -0.1) is 0 Å². The van der Waals surface area contributed by atoms with Gasteiger partial charge in [0.05, 0.1) is 23.9 Å². The fraction of sp³-hybridized carbons (Fsp3) is 0.227. The van der Waals surface area contributed by atoms with E-state index in [2.05, 4.69) is 43.1 Å². The van der Waals surface area contributed by atoms with Crippen LogP contribution in [0.2, 0.25) is 0 Å². The first-order valence-corrected chi connectivity index (χ1v) is 8.82. The molecule has 0 radical (unpaired) electrons. The summed E-state index contributed by atoms with van der Waals surface area (Å²) >= 11 is 0. The zero-order valence-electron chi connectivity index (χ0n) is 15.0. The number of aryl methyl sites for hydroxylation is 2. The Labute approximate surface area is 152 Å². The molecule has 0 aliphatic rings. The summed E-state index contributed by atoms with van der Waals surface area (Å²) in [6.45, 7) is 4.86. The summed E-state index contributed by atoms with van der Waals surface area (Å²) in [5.41, 5.74) is 4.44. The first-order valence-electron chi connectivity index (χ1n) is 8.82. The number of aliphatic hydroxyl groups is 1. The molecular formula is C22H22N2O2. The monoisotopic (exact) mass is 346 g/mol. The average Bonchev–Trinajstić information content (AvgIpc) is 3.02. The molecule has 0 aliphatic heterocycles. The predicted octanol–water partition coefficient (Wildman–Crippen LogP) is 4.25. The number of hydrogen-bond acceptors (Lipinski definition) is 3. The third kappa shape index (κ3) is 3.28. The summed E-state index contributed by atoms with van der Waals surface area (Å²) in [5.74, 6) is 0.768. The molecule has 4 heteroatoms. The van der Waals surface area contributed by atoms with Gasteiger partial charge in [0.15, 0.2) is 0 Å². The number of rotatable bonds is 5. The van der Waals surface area contributed by atoms with Crippen molar-refractivity contribution in [2.24, 2.45) is 0 Å². The molecular weight excluding hydrogens is 324 g/mol. The lowest BCUT2D eigenvalue weighted by Gasteiger charge is -2.14. The topological polar surface area (TPSA) is 47.3 Å². The molecule has 4 rings (SSSR count). The maximum Gasteiger partial charge on any atom is 0.120 e. The van der Waals surface area contributed by atoms with Crippen LogP contribution in [0.1, 0.15) is 11.1 Å². The molecule has 1 atom stereocenters. The van der Waals surface area contributed by atoms with Gasteiger partial charge < -0.3 is 14.4 Å². The van der Waals surface area contributed by atoms with Crippen LogP contribution in [-0.2, 0) is 6.54 Å². The van der Waals surface area contributed by atoms with Crippen molar-refractivity contribution in [1.29, 1.82) is 0 Å². The number of aliphatic hydroxyl groups excluding tert-OH is 1. The van der Waals surface area contributed by atoms with E-state index in [1.807, 2.05) is 34.9 Å². The molecule has 1 aromatic heterocycles. The van der Waals surface area contributed by atoms with Crippen LogP contribution in [-0.4, -0.2) is 27.4 Å². The Balaban J connectivity index is 1.45. The number of benzene rings is 3. The summed E-state index contributed by atoms with van der Waals surface area (Å²) in [7, 11) is 0. The van der Waals surface area contributed by atoms with E-state index >= 15 is 0 Å². The standard InChI is InChI=1S/C22H22N2O2/c1-15-9-21-22(10-16(15)2)24(14-23-21)12-19(25)13-26-20-8-7-17-5-3-4-6-18(17)11-20/h3-11,14,19,25H,12-13H2,1-2H3/t19-/m1/s1. The van der Waals surface area contributed by atoms with Crippen molar-refractivity contribution in [1.82, 2.24) is 9.55 Å². The Kier molecular flexibility index (Phi) is 4.35. The second-order valence-corrected chi connectivity index (χ2v) is 6.80. The Morgan fingerprint density at radius 2 is 1.77 bits per heavy atom. The Morgan fingerprint density at radius 3 is 2.62 bits per heavy atom. The van der Waals surface area contributed by atoms with Crippen molar-refractivity contribution < 1.29 is 9.84 Å². The van der Waals surface area contributed by atoms with Gasteiger partial charge in [0, 0.05) is 0 Å². The molecule has 4 nitrogen and oxygen atoms in total. The lowest BCUT2D eigenvalue weighted by atomic mass is 10.1. The molecule has 3 aromatic carbocycles. The van der Waals surface area contributed by atoms with Gasteiger partial charge in [-0.2, -0.15) is 0 Å². The molecule has 0 aliphatic carbocycles. The van der Waals surface area contributed by atoms with E-state index in [-0.39, 0.29) is 6.61 Å². The minimum atomic E-state index is -0.611. The number of aromatic nitrogens is 2. The van der Waals surface area contributed by atoms with E-state index in [1.54, 1.807) is 6.33 Å². The van der Waals surface area contributed by atoms with Gasteiger partial charge in [-0.05, 0) is 60.0 Å². The Hall–Kier alpha value is -2.85. The summed E-state index contributed by atoms with van der Waals surface area (Å²) in [6.07, 6.45) is 1.17. The van der Waals surface area contributed by atoms with Gasteiger partial charge in [-0.3, -0.25) is 0 Å². The van der Waals surface area contributed by atoms with Crippen molar-refractivity contribution in [3.05, 3.63) is 72.1 Å². The predicted molar refractivity (Wildman–Crippen MR) is 105 cm³/mol. The quantitative estimate of drug-likeness (QED) is 0.588. The first kappa shape index (κ1) is 16.6. The van der Waals surface area contributed by atoms with E-state index in [4.69, 9.17) is 4.74 Å². The van der Waals surface area contributed by atoms with Crippen molar-refractivity contribution in [3.8, 4) is 5.75 Å². The average molecular weight is 346 g/mol. The van der Waals surface area contributed by atoms with Gasteiger partial charge >= 0.3 is 0 Å². The Bertz CT molecular complexity index is 1070. The highest BCUT2D eigenvalue weighted by Gasteiger charge is 2.11. The van der Waals surface area contributed by atoms with Crippen molar-refractivity contribution in [3.63, 3.8) is 0 Å². The zero-order chi connectivity index (χ0) is 18.1. The summed E-state index contributed by atoms with van der Waals surface area (Å²) in [5, 5.41) is 12.7. The smallest absolute Gasteiger partial charge is 0.120 e. The SMILES string of the molecule is Cc1cc2ncn(C[C@@H](O)COc3ccc4ccccc4c3)c2cc1C. The van der Waals surface area contributed by atoms with Gasteiger partial charge in [0.25, 0.3) is 0 Å². The highest BCUT2D eigenvalue weighted by atomic mass is 16.5. The first-order chi connectivity index (χ1) is 12.6. The number of imidazole rings is 1. The van der Waals surface area contributed by atoms with Crippen LogP contribution in [0.25, 0.3) is 21.8 Å². The molecule has 0 amide bonds. The number of hydrogen-bond donors (Lipinski definition) is 1. The van der Waals surface area contributed by atoms with Crippen LogP contribution in [0.15, 0.2) is 60.9 Å². The van der Waals surface area contributed by atoms with E-state index in [0.29, 0.717) is 6.54 Å². The normalized spacial score (nSPS) is 12.6. The van der Waals surface area contributed by atoms with Gasteiger partial charge in [0.2, 0.25) is 0 Å². The van der Waals surface area contributed by atoms with Gasteiger partial charge in [-0.1, -0.05) is 30.3 Å². The largest absolute Gasteiger partial charge is 0.491 e. The summed E-state index contributed by atoms with van der Waals surface area (Å²) in [6, 6.07) is 18.3. The Morgan fingerprint density at radius 1 is 1.00 bits per heavy atom. The van der Waals surface area contributed by atoms with Crippen molar-refractivity contribution in [2.75, 3.05) is 6.61 Å². The third-order valence-corrected chi connectivity index (χ3v) is 4.81. The lowest BCUT2D eigenvalue weighted by Crippen LogP contribution is -2.23. The molecule has 132 valence electrons. The molecule has 0 saturated carbocycles. The lowest BCUT2D eigenvalue weighted by molar-refractivity contribution is 0.0935. The summed E-state index contributed by atoms with van der Waals surface area (Å²) in [4.78, 5) is 4.44. The molecule has 0 fully saturated rings. The molecule has 0 unspecified atom stereocenters. The number of ether oxygens (including phenoxy) is 1. The van der Waals surface area contributed by atoms with Crippen LogP contribution in [0, 0.1) is 13.8 Å². The maximum atomic E-state index is 10.4. The minimum absolute atomic E-state index is 0.239. The van der Waals surface area contributed by atoms with Crippen molar-refractivity contribution >= 4 is 21.8 Å². The van der Waals surface area contributed by atoms with Crippen molar-refractivity contribution in [2.45, 2.75) is 26.5 Å². The fourth-order valence-electron chi connectivity index (χ4n) is 3.19. The molecule has 0 saturated heterocycles. The third-order valence-electron chi connectivity index (χ3n) is 4.81. The van der Waals surface area contributed by atoms with Crippen LogP contribution in [0.3, 0.4) is 0 Å². The summed E-state index contributed by atoms with van der Waals surface area (Å²) < 4.78 is 7.78. The zero-order valence-corrected chi connectivity index (χ0v) is 15.0. The van der Waals surface area contributed by atoms with Gasteiger partial charge in [-0.25, -0.2) is 4.98 Å². The highest BCUT2D eigenvalue weighted by molar-refractivity contribution is 5.83. The molecule has 1 heterocycles. The molecule has 0 spiro atoms. The maximum absolute atomic E-state index is 10.4. The van der Waals surface area contributed by atoms with Crippen LogP contribution >= 0.6 is 0 Å². The molecule has 26 heavy (non-hydrogen) atoms. The van der Waals surface area contributed by atoms with Gasteiger partial charge in [0.1, 0.15) is 18.5 Å². The number of nitrogens with zero attached hydrogens (tertiary/aromatic N) is 2. The van der Waals surface area contributed by atoms with E-state index in [1.165, 1.54) is 16.5 Å². The van der Waals surface area contributed by atoms with E-state index in [0.717, 1.165) is 22.2 Å². The van der Waals surface area contributed by atoms with Crippen LogP contribution in [0.4, 0.5) is 0 Å². The molecule has 0 bridgehead atoms. The highest BCUT2D eigenvalue weighted by Crippen LogP contribution is 2.21. The van der Waals surface area contributed by atoms with E-state index in [9.17, 15) is 5.11 Å². The fourth-order valence-corrected chi connectivity index (χ4v) is 3.19. The second-order valence-electron chi connectivity index (χ2n) is 6.80. The van der Waals surface area contributed by atoms with Crippen LogP contribution in [0.5, 0.6) is 5.75 Å². The van der Waals surface area contributed by atoms with E-state index < -0.39 is 6.10 Å². The number of fused-ring (bicyclic) bond motifs is 2. The van der Waals surface area contributed by atoms with Crippen LogP contribution < -0.4 is 4.74 Å². The minimum Gasteiger partial charge on any atom is -0.491 e. The molecule has 4 aromatic rings. The second kappa shape index (κ2) is 6.81. The molecule has 1 N–H and O–H groups in total.